The minimum absolute atomic E-state index is 0. The molecule has 0 spiro atoms. The highest BCUT2D eigenvalue weighted by Gasteiger charge is 2.29. The second-order valence-electron chi connectivity index (χ2n) is 6.81. The van der Waals surface area contributed by atoms with Crippen molar-refractivity contribution in [3.8, 4) is 0 Å². The second-order valence-corrected chi connectivity index (χ2v) is 6.81. The van der Waals surface area contributed by atoms with Crippen LogP contribution in [0.4, 0.5) is 5.69 Å². The summed E-state index contributed by atoms with van der Waals surface area (Å²) < 4.78 is 5.40. The third-order valence-corrected chi connectivity index (χ3v) is 5.22. The predicted octanol–water partition coefficient (Wildman–Crippen LogP) is 3.04. The molecule has 0 bridgehead atoms. The van der Waals surface area contributed by atoms with Gasteiger partial charge in [0, 0.05) is 23.3 Å². The number of para-hydroxylation sites is 1. The molecule has 0 unspecified atom stereocenters. The second kappa shape index (κ2) is 8.59. The van der Waals surface area contributed by atoms with Gasteiger partial charge in [0.1, 0.15) is 0 Å². The number of furan rings is 1. The molecule has 6 nitrogen and oxygen atoms in total. The molecule has 7 heteroatoms. The van der Waals surface area contributed by atoms with Crippen LogP contribution in [0.2, 0.25) is 0 Å². The number of amides is 2. The summed E-state index contributed by atoms with van der Waals surface area (Å²) in [7, 11) is 0. The maximum absolute atomic E-state index is 12.5. The van der Waals surface area contributed by atoms with E-state index in [4.69, 9.17) is 10.2 Å². The SMILES string of the molecule is CCC(N)(CC)CNC(=O)c1occc1CN1C(=O)Cc2ccccc21.Cl. The summed E-state index contributed by atoms with van der Waals surface area (Å²) >= 11 is 0. The van der Waals surface area contributed by atoms with E-state index in [-0.39, 0.29) is 30.0 Å². The van der Waals surface area contributed by atoms with Crippen LogP contribution in [0.5, 0.6) is 0 Å². The number of fused-ring (bicyclic) bond motifs is 1. The lowest BCUT2D eigenvalue weighted by Gasteiger charge is -2.26. The van der Waals surface area contributed by atoms with Crippen LogP contribution < -0.4 is 16.0 Å². The molecule has 1 aromatic heterocycles. The Bertz CT molecular complexity index is 814. The van der Waals surface area contributed by atoms with Crippen molar-refractivity contribution in [2.75, 3.05) is 11.4 Å². The van der Waals surface area contributed by atoms with Crippen LogP contribution in [0.1, 0.15) is 48.4 Å². The van der Waals surface area contributed by atoms with Gasteiger partial charge in [-0.25, -0.2) is 0 Å². The molecule has 1 aromatic carbocycles. The normalized spacial score (nSPS) is 13.3. The van der Waals surface area contributed by atoms with Crippen molar-refractivity contribution < 1.29 is 14.0 Å². The summed E-state index contributed by atoms with van der Waals surface area (Å²) in [5, 5.41) is 2.86. The quantitative estimate of drug-likeness (QED) is 0.759. The smallest absolute Gasteiger partial charge is 0.287 e. The first-order valence-electron chi connectivity index (χ1n) is 8.99. The standard InChI is InChI=1S/C20H25N3O3.ClH/c1-3-20(21,4-2)13-22-19(25)18-15(9-10-26-18)12-23-16-8-6-5-7-14(16)11-17(23)24;/h5-10H,3-4,11-13,21H2,1-2H3,(H,22,25);1H. The van der Waals surface area contributed by atoms with Crippen molar-refractivity contribution >= 4 is 29.9 Å². The fourth-order valence-corrected chi connectivity index (χ4v) is 3.16. The van der Waals surface area contributed by atoms with Crippen molar-refractivity contribution in [3.05, 3.63) is 53.5 Å². The van der Waals surface area contributed by atoms with Crippen molar-refractivity contribution in [3.63, 3.8) is 0 Å². The summed E-state index contributed by atoms with van der Waals surface area (Å²) in [5.41, 5.74) is 8.40. The van der Waals surface area contributed by atoms with Crippen molar-refractivity contribution in [2.45, 2.75) is 45.2 Å². The molecule has 0 radical (unpaired) electrons. The molecule has 1 aliphatic rings. The number of nitrogens with one attached hydrogen (secondary N) is 1. The van der Waals surface area contributed by atoms with Gasteiger partial charge in [-0.05, 0) is 30.5 Å². The van der Waals surface area contributed by atoms with E-state index in [0.29, 0.717) is 25.1 Å². The first-order valence-corrected chi connectivity index (χ1v) is 8.99. The van der Waals surface area contributed by atoms with Crippen molar-refractivity contribution in [1.29, 1.82) is 0 Å². The van der Waals surface area contributed by atoms with E-state index >= 15 is 0 Å². The van der Waals surface area contributed by atoms with Crippen LogP contribution >= 0.6 is 12.4 Å². The molecule has 1 aliphatic heterocycles. The van der Waals surface area contributed by atoms with Crippen LogP contribution in [0, 0.1) is 0 Å². The highest BCUT2D eigenvalue weighted by atomic mass is 35.5. The Labute approximate surface area is 165 Å². The first-order chi connectivity index (χ1) is 12.5. The van der Waals surface area contributed by atoms with Crippen molar-refractivity contribution in [1.82, 2.24) is 5.32 Å². The average Bonchev–Trinajstić information content (AvgIpc) is 3.24. The molecule has 27 heavy (non-hydrogen) atoms. The third-order valence-electron chi connectivity index (χ3n) is 5.22. The Morgan fingerprint density at radius 1 is 1.26 bits per heavy atom. The van der Waals surface area contributed by atoms with Gasteiger partial charge in [-0.2, -0.15) is 0 Å². The van der Waals surface area contributed by atoms with Crippen LogP contribution in [0.3, 0.4) is 0 Å². The number of rotatable bonds is 7. The van der Waals surface area contributed by atoms with E-state index in [2.05, 4.69) is 5.32 Å². The lowest BCUT2D eigenvalue weighted by molar-refractivity contribution is -0.117. The number of halogens is 1. The van der Waals surface area contributed by atoms with Crippen LogP contribution in [0.25, 0.3) is 0 Å². The minimum Gasteiger partial charge on any atom is -0.459 e. The van der Waals surface area contributed by atoms with Crippen LogP contribution in [-0.2, 0) is 17.8 Å². The van der Waals surface area contributed by atoms with E-state index in [1.807, 2.05) is 38.1 Å². The summed E-state index contributed by atoms with van der Waals surface area (Å²) in [6, 6.07) is 9.44. The zero-order valence-electron chi connectivity index (χ0n) is 15.7. The number of nitrogens with zero attached hydrogens (tertiary/aromatic N) is 1. The van der Waals surface area contributed by atoms with Gasteiger partial charge in [0.15, 0.2) is 5.76 Å². The van der Waals surface area contributed by atoms with E-state index < -0.39 is 5.54 Å². The zero-order valence-corrected chi connectivity index (χ0v) is 16.5. The molecule has 0 fully saturated rings. The molecule has 146 valence electrons. The van der Waals surface area contributed by atoms with Gasteiger partial charge in [-0.3, -0.25) is 9.59 Å². The topological polar surface area (TPSA) is 88.6 Å². The molecule has 2 aromatic rings. The summed E-state index contributed by atoms with van der Waals surface area (Å²) in [6.07, 6.45) is 3.41. The number of hydrogen-bond acceptors (Lipinski definition) is 4. The van der Waals surface area contributed by atoms with Gasteiger partial charge >= 0.3 is 0 Å². The zero-order chi connectivity index (χ0) is 18.7. The summed E-state index contributed by atoms with van der Waals surface area (Å²) in [5.74, 6) is -0.0462. The van der Waals surface area contributed by atoms with E-state index in [1.165, 1.54) is 6.26 Å². The van der Waals surface area contributed by atoms with Gasteiger partial charge in [-0.1, -0.05) is 32.0 Å². The maximum Gasteiger partial charge on any atom is 0.287 e. The fraction of sp³-hybridized carbons (Fsp3) is 0.400. The molecule has 2 heterocycles. The van der Waals surface area contributed by atoms with Crippen LogP contribution in [-0.4, -0.2) is 23.9 Å². The Morgan fingerprint density at radius 2 is 1.96 bits per heavy atom. The fourth-order valence-electron chi connectivity index (χ4n) is 3.16. The molecule has 0 aliphatic carbocycles. The van der Waals surface area contributed by atoms with Crippen LogP contribution in [0.15, 0.2) is 41.0 Å². The number of carbonyl (C=O) groups is 2. The average molecular weight is 392 g/mol. The number of nitrogens with two attached hydrogens (primary N) is 1. The van der Waals surface area contributed by atoms with Gasteiger partial charge < -0.3 is 20.4 Å². The van der Waals surface area contributed by atoms with E-state index in [1.54, 1.807) is 11.0 Å². The molecule has 0 atom stereocenters. The molecular formula is C20H26ClN3O3. The summed E-state index contributed by atoms with van der Waals surface area (Å²) in [4.78, 5) is 26.6. The van der Waals surface area contributed by atoms with Gasteiger partial charge in [0.2, 0.25) is 5.91 Å². The molecule has 0 saturated carbocycles. The van der Waals surface area contributed by atoms with Gasteiger partial charge in [-0.15, -0.1) is 12.4 Å². The van der Waals surface area contributed by atoms with Crippen molar-refractivity contribution in [2.24, 2.45) is 5.73 Å². The van der Waals surface area contributed by atoms with Gasteiger partial charge in [0.25, 0.3) is 5.91 Å². The lowest BCUT2D eigenvalue weighted by Crippen LogP contribution is -2.49. The summed E-state index contributed by atoms with van der Waals surface area (Å²) in [6.45, 7) is 4.70. The number of hydrogen-bond donors (Lipinski definition) is 2. The lowest BCUT2D eigenvalue weighted by atomic mass is 9.94. The Morgan fingerprint density at radius 3 is 2.67 bits per heavy atom. The first kappa shape index (κ1) is 21.0. The molecule has 2 amide bonds. The van der Waals surface area contributed by atoms with Gasteiger partial charge in [0.05, 0.1) is 19.2 Å². The number of anilines is 1. The Hall–Kier alpha value is -2.31. The number of carbonyl (C=O) groups excluding carboxylic acids is 2. The Balaban J connectivity index is 0.00000261. The van der Waals surface area contributed by atoms with E-state index in [0.717, 1.165) is 24.1 Å². The Kier molecular flexibility index (Phi) is 6.68. The largest absolute Gasteiger partial charge is 0.459 e. The highest BCUT2D eigenvalue weighted by Crippen LogP contribution is 2.30. The molecule has 3 N–H and O–H groups in total. The molecule has 0 saturated heterocycles. The third kappa shape index (κ3) is 4.34. The highest BCUT2D eigenvalue weighted by molar-refractivity contribution is 6.01. The minimum atomic E-state index is -0.424. The molecule has 3 rings (SSSR count). The number of benzene rings is 1. The monoisotopic (exact) mass is 391 g/mol. The van der Waals surface area contributed by atoms with E-state index in [9.17, 15) is 9.59 Å². The molecular weight excluding hydrogens is 366 g/mol. The maximum atomic E-state index is 12.5. The predicted molar refractivity (Wildman–Crippen MR) is 107 cm³/mol.